The van der Waals surface area contributed by atoms with Gasteiger partial charge in [0, 0.05) is 66.7 Å². The molecule has 0 atom stereocenters. The highest BCUT2D eigenvalue weighted by atomic mass is 15.2. The Morgan fingerprint density at radius 1 is 0.229 bits per heavy atom. The number of rotatable bonds is 8. The standard InChI is InChI=1S/C66H44N4/c1-5-19-47(20-6-1)67(52-35-40-63-59(43-52)56-27-13-15-29-61(56)69(63)49-23-9-3-10-24-49)51-34-39-54-46(42-51)33-38-58-55(54)37-32-45-18-17-31-65(66(45)58)68(48-21-7-2-8-22-48)53-36-41-64-60(44-53)57-28-14-16-30-62(57)70(64)50-25-11-4-12-26-50/h1-44H. The van der Waals surface area contributed by atoms with E-state index >= 15 is 0 Å². The van der Waals surface area contributed by atoms with Crippen molar-refractivity contribution >= 4 is 110 Å². The zero-order valence-electron chi connectivity index (χ0n) is 38.2. The third kappa shape index (κ3) is 6.31. The SMILES string of the molecule is c1ccc(N(c2ccc3c(ccc4c3ccc3cccc(N(c5ccccc5)c5ccc6c(c5)c5ccccc5n6-c5ccccc5)c34)c2)c2ccc3c(c2)c2ccccc2n3-c2ccccc2)cc1. The minimum absolute atomic E-state index is 1.10. The third-order valence-corrected chi connectivity index (χ3v) is 14.2. The summed E-state index contributed by atoms with van der Waals surface area (Å²) in [5.74, 6) is 0. The molecule has 2 heterocycles. The van der Waals surface area contributed by atoms with E-state index in [2.05, 4.69) is 286 Å². The Kier molecular flexibility index (Phi) is 9.17. The predicted octanol–water partition coefficient (Wildman–Crippen LogP) is 18.3. The zero-order chi connectivity index (χ0) is 46.1. The molecule has 0 fully saturated rings. The maximum absolute atomic E-state index is 2.44. The van der Waals surface area contributed by atoms with Gasteiger partial charge in [0.1, 0.15) is 0 Å². The summed E-state index contributed by atoms with van der Waals surface area (Å²) in [5.41, 5.74) is 13.7. The van der Waals surface area contributed by atoms with Gasteiger partial charge in [-0.3, -0.25) is 0 Å². The largest absolute Gasteiger partial charge is 0.310 e. The van der Waals surface area contributed by atoms with Crippen LogP contribution in [0.1, 0.15) is 0 Å². The summed E-state index contributed by atoms with van der Waals surface area (Å²) in [6.07, 6.45) is 0. The lowest BCUT2D eigenvalue weighted by molar-refractivity contribution is 1.18. The molecule has 14 aromatic rings. The molecule has 0 spiro atoms. The first-order valence-corrected chi connectivity index (χ1v) is 24.0. The average molecular weight is 893 g/mol. The second kappa shape index (κ2) is 16.2. The first kappa shape index (κ1) is 39.8. The number of nitrogens with zero attached hydrogens (tertiary/aromatic N) is 4. The normalized spacial score (nSPS) is 11.7. The van der Waals surface area contributed by atoms with E-state index in [1.807, 2.05) is 0 Å². The molecule has 0 amide bonds. The van der Waals surface area contributed by atoms with Crippen molar-refractivity contribution < 1.29 is 0 Å². The van der Waals surface area contributed by atoms with Gasteiger partial charge in [-0.15, -0.1) is 0 Å². The van der Waals surface area contributed by atoms with Crippen LogP contribution in [0.3, 0.4) is 0 Å². The Hall–Kier alpha value is -9.38. The van der Waals surface area contributed by atoms with Crippen LogP contribution in [0.2, 0.25) is 0 Å². The molecule has 328 valence electrons. The molecule has 70 heavy (non-hydrogen) atoms. The number of para-hydroxylation sites is 6. The fourth-order valence-electron chi connectivity index (χ4n) is 11.2. The smallest absolute Gasteiger partial charge is 0.0546 e. The summed E-state index contributed by atoms with van der Waals surface area (Å²) in [6.45, 7) is 0. The Labute approximate surface area is 405 Å². The lowest BCUT2D eigenvalue weighted by Gasteiger charge is -2.28. The molecule has 0 saturated heterocycles. The Balaban J connectivity index is 0.929. The summed E-state index contributed by atoms with van der Waals surface area (Å²) < 4.78 is 4.76. The fraction of sp³-hybridized carbons (Fsp3) is 0. The van der Waals surface area contributed by atoms with Crippen molar-refractivity contribution in [1.29, 1.82) is 0 Å². The van der Waals surface area contributed by atoms with E-state index in [-0.39, 0.29) is 0 Å². The molecule has 0 saturated carbocycles. The van der Waals surface area contributed by atoms with E-state index < -0.39 is 0 Å². The highest BCUT2D eigenvalue weighted by molar-refractivity contribution is 6.22. The number of benzene rings is 12. The third-order valence-electron chi connectivity index (χ3n) is 14.2. The van der Waals surface area contributed by atoms with Gasteiger partial charge in [-0.2, -0.15) is 0 Å². The molecule has 0 aliphatic carbocycles. The topological polar surface area (TPSA) is 16.3 Å². The van der Waals surface area contributed by atoms with Crippen molar-refractivity contribution in [2.45, 2.75) is 0 Å². The van der Waals surface area contributed by atoms with E-state index in [9.17, 15) is 0 Å². The number of anilines is 6. The molecule has 0 bridgehead atoms. The first-order chi connectivity index (χ1) is 34.7. The zero-order valence-corrected chi connectivity index (χ0v) is 38.2. The molecular weight excluding hydrogens is 849 g/mol. The van der Waals surface area contributed by atoms with Gasteiger partial charge in [-0.25, -0.2) is 0 Å². The van der Waals surface area contributed by atoms with E-state index in [1.54, 1.807) is 0 Å². The summed E-state index contributed by atoms with van der Waals surface area (Å²) in [7, 11) is 0. The van der Waals surface area contributed by atoms with Crippen molar-refractivity contribution in [2.75, 3.05) is 9.80 Å². The number of aromatic nitrogens is 2. The quantitative estimate of drug-likeness (QED) is 0.141. The highest BCUT2D eigenvalue weighted by Gasteiger charge is 2.22. The Morgan fingerprint density at radius 2 is 0.671 bits per heavy atom. The van der Waals surface area contributed by atoms with Crippen molar-refractivity contribution in [3.05, 3.63) is 267 Å². The van der Waals surface area contributed by atoms with E-state index in [0.717, 1.165) is 45.5 Å². The fourth-order valence-corrected chi connectivity index (χ4v) is 11.2. The van der Waals surface area contributed by atoms with Gasteiger partial charge in [-0.05, 0) is 142 Å². The van der Waals surface area contributed by atoms with Gasteiger partial charge in [0.05, 0.1) is 27.8 Å². The summed E-state index contributed by atoms with van der Waals surface area (Å²) in [5, 5.41) is 12.2. The second-order valence-electron chi connectivity index (χ2n) is 18.1. The Bertz CT molecular complexity index is 4290. The molecule has 14 rings (SSSR count). The van der Waals surface area contributed by atoms with Gasteiger partial charge in [-0.1, -0.05) is 152 Å². The van der Waals surface area contributed by atoms with E-state index in [4.69, 9.17) is 0 Å². The van der Waals surface area contributed by atoms with Crippen LogP contribution in [-0.4, -0.2) is 9.13 Å². The molecular formula is C66H44N4. The predicted molar refractivity (Wildman–Crippen MR) is 297 cm³/mol. The summed E-state index contributed by atoms with van der Waals surface area (Å²) in [4.78, 5) is 4.83. The lowest BCUT2D eigenvalue weighted by atomic mass is 9.95. The van der Waals surface area contributed by atoms with E-state index in [1.165, 1.54) is 75.9 Å². The minimum atomic E-state index is 1.10. The molecule has 4 nitrogen and oxygen atoms in total. The Morgan fingerprint density at radius 3 is 1.27 bits per heavy atom. The molecule has 0 aliphatic heterocycles. The van der Waals surface area contributed by atoms with Gasteiger partial charge in [0.15, 0.2) is 0 Å². The summed E-state index contributed by atoms with van der Waals surface area (Å²) in [6, 6.07) is 97.2. The van der Waals surface area contributed by atoms with Crippen LogP contribution < -0.4 is 9.80 Å². The van der Waals surface area contributed by atoms with Crippen LogP contribution in [0.4, 0.5) is 34.1 Å². The number of hydrogen-bond donors (Lipinski definition) is 0. The molecule has 0 N–H and O–H groups in total. The molecule has 12 aromatic carbocycles. The van der Waals surface area contributed by atoms with Gasteiger partial charge >= 0.3 is 0 Å². The summed E-state index contributed by atoms with van der Waals surface area (Å²) >= 11 is 0. The molecule has 0 aliphatic rings. The maximum atomic E-state index is 2.44. The first-order valence-electron chi connectivity index (χ1n) is 24.0. The van der Waals surface area contributed by atoms with E-state index in [0.29, 0.717) is 0 Å². The van der Waals surface area contributed by atoms with Crippen LogP contribution in [0.5, 0.6) is 0 Å². The van der Waals surface area contributed by atoms with Crippen molar-refractivity contribution in [3.8, 4) is 11.4 Å². The van der Waals surface area contributed by atoms with Gasteiger partial charge in [0.25, 0.3) is 0 Å². The molecule has 2 aromatic heterocycles. The monoisotopic (exact) mass is 892 g/mol. The van der Waals surface area contributed by atoms with Crippen molar-refractivity contribution in [3.63, 3.8) is 0 Å². The number of hydrogen-bond acceptors (Lipinski definition) is 2. The molecule has 0 radical (unpaired) electrons. The molecule has 0 unspecified atom stereocenters. The average Bonchev–Trinajstić information content (AvgIpc) is 3.94. The highest BCUT2D eigenvalue weighted by Crippen LogP contribution is 2.46. The molecule has 4 heteroatoms. The minimum Gasteiger partial charge on any atom is -0.310 e. The van der Waals surface area contributed by atoms with Crippen LogP contribution >= 0.6 is 0 Å². The van der Waals surface area contributed by atoms with Crippen LogP contribution in [0.25, 0.3) is 87.3 Å². The van der Waals surface area contributed by atoms with Crippen LogP contribution in [0.15, 0.2) is 267 Å². The van der Waals surface area contributed by atoms with Crippen LogP contribution in [0, 0.1) is 0 Å². The van der Waals surface area contributed by atoms with Crippen molar-refractivity contribution in [1.82, 2.24) is 9.13 Å². The second-order valence-corrected chi connectivity index (χ2v) is 18.1. The van der Waals surface area contributed by atoms with Gasteiger partial charge in [0.2, 0.25) is 0 Å². The van der Waals surface area contributed by atoms with Gasteiger partial charge < -0.3 is 18.9 Å². The van der Waals surface area contributed by atoms with Crippen LogP contribution in [-0.2, 0) is 0 Å². The van der Waals surface area contributed by atoms with Crippen molar-refractivity contribution in [2.24, 2.45) is 0 Å². The lowest BCUT2D eigenvalue weighted by Crippen LogP contribution is -2.10. The number of fused-ring (bicyclic) bond motifs is 11. The maximum Gasteiger partial charge on any atom is 0.0546 e.